The molecule has 1 aromatic heterocycles. The molecule has 1 aromatic rings. The molecule has 1 aliphatic rings. The van der Waals surface area contributed by atoms with Crippen molar-refractivity contribution in [2.75, 3.05) is 19.8 Å². The molecule has 0 N–H and O–H groups in total. The lowest BCUT2D eigenvalue weighted by atomic mass is 9.95. The maximum atomic E-state index is 14.1. The lowest BCUT2D eigenvalue weighted by Crippen LogP contribution is -2.43. The van der Waals surface area contributed by atoms with Gasteiger partial charge in [-0.1, -0.05) is 0 Å². The topological polar surface area (TPSA) is 31.4 Å². The summed E-state index contributed by atoms with van der Waals surface area (Å²) in [5.74, 6) is 0.353. The van der Waals surface area contributed by atoms with Crippen molar-refractivity contribution in [2.24, 2.45) is 0 Å². The highest BCUT2D eigenvalue weighted by Crippen LogP contribution is 2.39. The number of halogens is 2. The molecule has 0 atom stereocenters. The Hall–Kier alpha value is -0.680. The van der Waals surface area contributed by atoms with E-state index in [1.165, 1.54) is 0 Å². The fraction of sp³-hybridized carbons (Fsp3) is 0.500. The van der Waals surface area contributed by atoms with Gasteiger partial charge < -0.3 is 9.47 Å². The number of aromatic nitrogens is 1. The van der Waals surface area contributed by atoms with Crippen molar-refractivity contribution in [3.63, 3.8) is 0 Å². The molecule has 2 rings (SSSR count). The van der Waals surface area contributed by atoms with Crippen molar-refractivity contribution in [1.29, 1.82) is 0 Å². The zero-order valence-electron chi connectivity index (χ0n) is 8.30. The predicted molar refractivity (Wildman–Crippen MR) is 56.7 cm³/mol. The Morgan fingerprint density at radius 1 is 1.67 bits per heavy atom. The summed E-state index contributed by atoms with van der Waals surface area (Å²) in [6.45, 7) is 2.46. The average molecular weight is 276 g/mol. The maximum Gasteiger partial charge on any atom is 0.220 e. The van der Waals surface area contributed by atoms with Crippen LogP contribution in [0.5, 0.6) is 5.88 Å². The van der Waals surface area contributed by atoms with E-state index in [9.17, 15) is 4.39 Å². The molecular formula is C10H11BrFNO2. The minimum atomic E-state index is -1.44. The van der Waals surface area contributed by atoms with E-state index in [4.69, 9.17) is 9.47 Å². The van der Waals surface area contributed by atoms with Gasteiger partial charge in [0.2, 0.25) is 5.88 Å². The molecule has 0 bridgehead atoms. The molecule has 15 heavy (non-hydrogen) atoms. The lowest BCUT2D eigenvalue weighted by molar-refractivity contribution is -0.136. The summed E-state index contributed by atoms with van der Waals surface area (Å²) in [4.78, 5) is 4.05. The Morgan fingerprint density at radius 3 is 2.93 bits per heavy atom. The summed E-state index contributed by atoms with van der Waals surface area (Å²) in [7, 11) is 0. The van der Waals surface area contributed by atoms with Crippen LogP contribution in [0.25, 0.3) is 0 Å². The third-order valence-electron chi connectivity index (χ3n) is 2.24. The highest BCUT2D eigenvalue weighted by Gasteiger charge is 2.43. The molecule has 82 valence electrons. The van der Waals surface area contributed by atoms with Crippen molar-refractivity contribution in [1.82, 2.24) is 4.98 Å². The molecule has 0 saturated carbocycles. The van der Waals surface area contributed by atoms with Gasteiger partial charge in [0, 0.05) is 10.7 Å². The van der Waals surface area contributed by atoms with Gasteiger partial charge in [-0.25, -0.2) is 9.37 Å². The Morgan fingerprint density at radius 2 is 2.40 bits per heavy atom. The van der Waals surface area contributed by atoms with E-state index in [1.807, 2.05) is 6.92 Å². The van der Waals surface area contributed by atoms with Gasteiger partial charge in [0.05, 0.1) is 25.4 Å². The molecule has 0 spiro atoms. The third-order valence-corrected chi connectivity index (χ3v) is 2.68. The summed E-state index contributed by atoms with van der Waals surface area (Å²) in [5, 5.41) is 0. The van der Waals surface area contributed by atoms with Crippen LogP contribution in [0, 0.1) is 0 Å². The maximum absolute atomic E-state index is 14.1. The summed E-state index contributed by atoms with van der Waals surface area (Å²) in [6, 6.07) is 1.69. The fourth-order valence-electron chi connectivity index (χ4n) is 1.44. The smallest absolute Gasteiger partial charge is 0.220 e. The van der Waals surface area contributed by atoms with Gasteiger partial charge in [-0.15, -0.1) is 0 Å². The third kappa shape index (κ3) is 1.99. The van der Waals surface area contributed by atoms with E-state index in [2.05, 4.69) is 20.9 Å². The summed E-state index contributed by atoms with van der Waals surface area (Å²) in [5.41, 5.74) is -0.980. The van der Waals surface area contributed by atoms with Crippen LogP contribution < -0.4 is 4.74 Å². The van der Waals surface area contributed by atoms with Gasteiger partial charge in [-0.05, 0) is 28.9 Å². The number of hydrogen-bond acceptors (Lipinski definition) is 3. The Labute approximate surface area is 95.7 Å². The Balaban J connectivity index is 2.38. The first kappa shape index (κ1) is 10.8. The van der Waals surface area contributed by atoms with Crippen molar-refractivity contribution >= 4 is 15.9 Å². The van der Waals surface area contributed by atoms with Crippen LogP contribution in [0.2, 0.25) is 0 Å². The molecule has 2 heterocycles. The van der Waals surface area contributed by atoms with Gasteiger partial charge in [0.15, 0.2) is 5.67 Å². The van der Waals surface area contributed by atoms with Crippen LogP contribution >= 0.6 is 15.9 Å². The van der Waals surface area contributed by atoms with Crippen molar-refractivity contribution in [3.05, 3.63) is 22.3 Å². The second kappa shape index (κ2) is 4.06. The first-order valence-corrected chi connectivity index (χ1v) is 5.50. The van der Waals surface area contributed by atoms with E-state index in [1.54, 1.807) is 12.3 Å². The van der Waals surface area contributed by atoms with E-state index in [0.717, 1.165) is 4.47 Å². The first-order chi connectivity index (χ1) is 7.15. The molecular weight excluding hydrogens is 265 g/mol. The SMILES string of the molecule is CCOc1ncc(Br)cc1C1(F)COC1. The molecule has 0 aliphatic carbocycles. The standard InChI is InChI=1S/C10H11BrFNO2/c1-2-15-9-8(3-7(11)4-13-9)10(12)5-14-6-10/h3-4H,2,5-6H2,1H3. The minimum Gasteiger partial charge on any atom is -0.478 e. The summed E-state index contributed by atoms with van der Waals surface area (Å²) >= 11 is 3.27. The fourth-order valence-corrected chi connectivity index (χ4v) is 1.77. The first-order valence-electron chi connectivity index (χ1n) is 4.71. The van der Waals surface area contributed by atoms with Crippen LogP contribution in [0.3, 0.4) is 0 Å². The number of hydrogen-bond donors (Lipinski definition) is 0. The van der Waals surface area contributed by atoms with Gasteiger partial charge in [0.1, 0.15) is 0 Å². The number of ether oxygens (including phenoxy) is 2. The zero-order valence-corrected chi connectivity index (χ0v) is 9.88. The Kier molecular flexibility index (Phi) is 2.93. The minimum absolute atomic E-state index is 0.0746. The van der Waals surface area contributed by atoms with Crippen LogP contribution in [0.15, 0.2) is 16.7 Å². The second-order valence-corrected chi connectivity index (χ2v) is 4.31. The van der Waals surface area contributed by atoms with Crippen molar-refractivity contribution in [2.45, 2.75) is 12.6 Å². The largest absolute Gasteiger partial charge is 0.478 e. The van der Waals surface area contributed by atoms with Gasteiger partial charge in [-0.2, -0.15) is 0 Å². The van der Waals surface area contributed by atoms with Crippen LogP contribution in [-0.2, 0) is 10.4 Å². The van der Waals surface area contributed by atoms with Crippen LogP contribution in [-0.4, -0.2) is 24.8 Å². The van der Waals surface area contributed by atoms with Crippen LogP contribution in [0.4, 0.5) is 4.39 Å². The molecule has 0 radical (unpaired) electrons. The number of nitrogens with zero attached hydrogens (tertiary/aromatic N) is 1. The molecule has 5 heteroatoms. The average Bonchev–Trinajstić information content (AvgIpc) is 2.17. The number of alkyl halides is 1. The van der Waals surface area contributed by atoms with E-state index in [-0.39, 0.29) is 13.2 Å². The van der Waals surface area contributed by atoms with E-state index < -0.39 is 5.67 Å². The molecule has 1 fully saturated rings. The molecule has 0 unspecified atom stereocenters. The molecule has 0 aromatic carbocycles. The highest BCUT2D eigenvalue weighted by molar-refractivity contribution is 9.10. The zero-order chi connectivity index (χ0) is 10.9. The van der Waals surface area contributed by atoms with Gasteiger partial charge >= 0.3 is 0 Å². The number of rotatable bonds is 3. The van der Waals surface area contributed by atoms with E-state index in [0.29, 0.717) is 18.1 Å². The van der Waals surface area contributed by atoms with Crippen LogP contribution in [0.1, 0.15) is 12.5 Å². The molecule has 1 aliphatic heterocycles. The molecule has 1 saturated heterocycles. The van der Waals surface area contributed by atoms with Gasteiger partial charge in [0.25, 0.3) is 0 Å². The summed E-state index contributed by atoms with van der Waals surface area (Å²) < 4.78 is 25.1. The lowest BCUT2D eigenvalue weighted by Gasteiger charge is -2.34. The second-order valence-electron chi connectivity index (χ2n) is 3.40. The van der Waals surface area contributed by atoms with Crippen molar-refractivity contribution in [3.8, 4) is 5.88 Å². The number of pyridine rings is 1. The quantitative estimate of drug-likeness (QED) is 0.849. The monoisotopic (exact) mass is 275 g/mol. The van der Waals surface area contributed by atoms with Crippen molar-refractivity contribution < 1.29 is 13.9 Å². The van der Waals surface area contributed by atoms with Gasteiger partial charge in [-0.3, -0.25) is 0 Å². The highest BCUT2D eigenvalue weighted by atomic mass is 79.9. The Bertz CT molecular complexity index is 368. The summed E-state index contributed by atoms with van der Waals surface area (Å²) in [6.07, 6.45) is 1.59. The predicted octanol–water partition coefficient (Wildman–Crippen LogP) is 2.44. The molecule has 3 nitrogen and oxygen atoms in total. The normalized spacial score (nSPS) is 18.3. The van der Waals surface area contributed by atoms with E-state index >= 15 is 0 Å². The molecule has 0 amide bonds.